The molecule has 1 aliphatic carbocycles. The molecule has 7 heteroatoms. The van der Waals surface area contributed by atoms with E-state index < -0.39 is 0 Å². The molecule has 4 aliphatic rings. The molecule has 1 aromatic rings. The zero-order valence-corrected chi connectivity index (χ0v) is 15.2. The van der Waals surface area contributed by atoms with Gasteiger partial charge in [-0.05, 0) is 24.7 Å². The standard InChI is InChI=1S/C19H27N5O2/c25-19-12-26-6-5-23(19)4-3-22-8-15-10-24(11-16(15)9-22)18-7-17(14-1-2-14)20-13-21-18/h7,13-16H,1-6,8-12H2. The molecule has 0 radical (unpaired) electrons. The molecule has 1 amide bonds. The number of anilines is 1. The zero-order chi connectivity index (χ0) is 17.5. The van der Waals surface area contributed by atoms with Crippen LogP contribution in [0.4, 0.5) is 5.82 Å². The average molecular weight is 357 g/mol. The van der Waals surface area contributed by atoms with Crippen molar-refractivity contribution in [1.82, 2.24) is 19.8 Å². The van der Waals surface area contributed by atoms with Gasteiger partial charge in [-0.15, -0.1) is 0 Å². The zero-order valence-electron chi connectivity index (χ0n) is 15.2. The van der Waals surface area contributed by atoms with Gasteiger partial charge in [0.1, 0.15) is 18.8 Å². The fraction of sp³-hybridized carbons (Fsp3) is 0.737. The Labute approximate surface area is 154 Å². The van der Waals surface area contributed by atoms with Crippen molar-refractivity contribution in [2.75, 3.05) is 63.9 Å². The molecule has 1 saturated carbocycles. The van der Waals surface area contributed by atoms with E-state index in [1.807, 2.05) is 4.90 Å². The lowest BCUT2D eigenvalue weighted by atomic mass is 10.0. The number of carbonyl (C=O) groups is 1. The lowest BCUT2D eigenvalue weighted by Gasteiger charge is -2.29. The molecule has 3 aliphatic heterocycles. The molecule has 4 fully saturated rings. The van der Waals surface area contributed by atoms with Gasteiger partial charge >= 0.3 is 0 Å². The number of ether oxygens (including phenoxy) is 1. The van der Waals surface area contributed by atoms with E-state index in [2.05, 4.69) is 25.8 Å². The fourth-order valence-electron chi connectivity index (χ4n) is 4.65. The van der Waals surface area contributed by atoms with Gasteiger partial charge < -0.3 is 19.4 Å². The van der Waals surface area contributed by atoms with Gasteiger partial charge in [-0.1, -0.05) is 0 Å². The summed E-state index contributed by atoms with van der Waals surface area (Å²) in [5, 5.41) is 0. The molecule has 2 unspecified atom stereocenters. The van der Waals surface area contributed by atoms with Crippen LogP contribution in [0.1, 0.15) is 24.5 Å². The summed E-state index contributed by atoms with van der Waals surface area (Å²) >= 11 is 0. The highest BCUT2D eigenvalue weighted by Crippen LogP contribution is 2.40. The summed E-state index contributed by atoms with van der Waals surface area (Å²) in [4.78, 5) is 27.7. The first-order valence-electron chi connectivity index (χ1n) is 9.91. The van der Waals surface area contributed by atoms with Crippen LogP contribution in [-0.4, -0.2) is 84.7 Å². The molecule has 4 heterocycles. The number of carbonyl (C=O) groups excluding carboxylic acids is 1. The first-order chi connectivity index (χ1) is 12.8. The van der Waals surface area contributed by atoms with Crippen molar-refractivity contribution >= 4 is 11.7 Å². The van der Waals surface area contributed by atoms with Crippen LogP contribution in [0.25, 0.3) is 0 Å². The van der Waals surface area contributed by atoms with Crippen LogP contribution in [0.15, 0.2) is 12.4 Å². The number of fused-ring (bicyclic) bond motifs is 1. The van der Waals surface area contributed by atoms with Gasteiger partial charge in [-0.2, -0.15) is 0 Å². The quantitative estimate of drug-likeness (QED) is 0.768. The summed E-state index contributed by atoms with van der Waals surface area (Å²) in [5.41, 5.74) is 1.23. The van der Waals surface area contributed by atoms with E-state index in [4.69, 9.17) is 4.74 Å². The lowest BCUT2D eigenvalue weighted by molar-refractivity contribution is -0.142. The van der Waals surface area contributed by atoms with Gasteiger partial charge in [0.15, 0.2) is 0 Å². The minimum absolute atomic E-state index is 0.136. The lowest BCUT2D eigenvalue weighted by Crippen LogP contribution is -2.45. The molecule has 140 valence electrons. The molecule has 7 nitrogen and oxygen atoms in total. The van der Waals surface area contributed by atoms with E-state index in [-0.39, 0.29) is 12.5 Å². The third-order valence-electron chi connectivity index (χ3n) is 6.33. The van der Waals surface area contributed by atoms with Crippen molar-refractivity contribution in [3.63, 3.8) is 0 Å². The molecular formula is C19H27N5O2. The fourth-order valence-corrected chi connectivity index (χ4v) is 4.65. The van der Waals surface area contributed by atoms with Crippen molar-refractivity contribution in [2.45, 2.75) is 18.8 Å². The van der Waals surface area contributed by atoms with Gasteiger partial charge in [0.25, 0.3) is 0 Å². The SMILES string of the molecule is O=C1COCCN1CCN1CC2CN(c3cc(C4CC4)ncn3)CC2C1. The minimum atomic E-state index is 0.136. The van der Waals surface area contributed by atoms with E-state index in [0.29, 0.717) is 12.5 Å². The number of morpholine rings is 1. The molecular weight excluding hydrogens is 330 g/mol. The Balaban J connectivity index is 1.14. The maximum atomic E-state index is 11.8. The molecule has 26 heavy (non-hydrogen) atoms. The van der Waals surface area contributed by atoms with Gasteiger partial charge in [0.2, 0.25) is 5.91 Å². The number of rotatable bonds is 5. The largest absolute Gasteiger partial charge is 0.370 e. The number of nitrogens with zero attached hydrogens (tertiary/aromatic N) is 5. The molecule has 5 rings (SSSR count). The Morgan fingerprint density at radius 1 is 1.08 bits per heavy atom. The van der Waals surface area contributed by atoms with E-state index >= 15 is 0 Å². The maximum absolute atomic E-state index is 11.8. The second-order valence-electron chi connectivity index (χ2n) is 8.19. The number of hydrogen-bond acceptors (Lipinski definition) is 6. The van der Waals surface area contributed by atoms with E-state index in [9.17, 15) is 4.79 Å². The predicted octanol–water partition coefficient (Wildman–Crippen LogP) is 0.581. The van der Waals surface area contributed by atoms with E-state index in [1.54, 1.807) is 6.33 Å². The third-order valence-corrected chi connectivity index (χ3v) is 6.33. The van der Waals surface area contributed by atoms with Crippen LogP contribution in [0, 0.1) is 11.8 Å². The van der Waals surface area contributed by atoms with Crippen LogP contribution < -0.4 is 4.90 Å². The van der Waals surface area contributed by atoms with Crippen LogP contribution in [-0.2, 0) is 9.53 Å². The molecule has 1 aromatic heterocycles. The maximum Gasteiger partial charge on any atom is 0.248 e. The predicted molar refractivity (Wildman–Crippen MR) is 97.0 cm³/mol. The van der Waals surface area contributed by atoms with Gasteiger partial charge in [0.05, 0.1) is 6.61 Å². The molecule has 0 aromatic carbocycles. The number of amides is 1. The van der Waals surface area contributed by atoms with E-state index in [1.165, 1.54) is 18.5 Å². The normalized spacial score (nSPS) is 29.5. The van der Waals surface area contributed by atoms with Gasteiger partial charge in [-0.3, -0.25) is 4.79 Å². The highest BCUT2D eigenvalue weighted by atomic mass is 16.5. The highest BCUT2D eigenvalue weighted by Gasteiger charge is 2.40. The Morgan fingerprint density at radius 3 is 2.62 bits per heavy atom. The Hall–Kier alpha value is -1.73. The summed E-state index contributed by atoms with van der Waals surface area (Å²) in [6.07, 6.45) is 4.30. The monoisotopic (exact) mass is 357 g/mol. The minimum Gasteiger partial charge on any atom is -0.370 e. The third kappa shape index (κ3) is 3.30. The molecule has 0 spiro atoms. The van der Waals surface area contributed by atoms with Gasteiger partial charge in [-0.25, -0.2) is 9.97 Å². The van der Waals surface area contributed by atoms with Crippen molar-refractivity contribution in [3.8, 4) is 0 Å². The number of hydrogen-bond donors (Lipinski definition) is 0. The van der Waals surface area contributed by atoms with Crippen LogP contribution in [0.3, 0.4) is 0 Å². The first-order valence-corrected chi connectivity index (χ1v) is 9.91. The van der Waals surface area contributed by atoms with Crippen molar-refractivity contribution in [1.29, 1.82) is 0 Å². The summed E-state index contributed by atoms with van der Waals surface area (Å²) in [6, 6.07) is 2.21. The summed E-state index contributed by atoms with van der Waals surface area (Å²) in [7, 11) is 0. The second kappa shape index (κ2) is 6.78. The van der Waals surface area contributed by atoms with Gasteiger partial charge in [0, 0.05) is 63.5 Å². The van der Waals surface area contributed by atoms with Crippen molar-refractivity contribution in [3.05, 3.63) is 18.1 Å². The Morgan fingerprint density at radius 2 is 1.88 bits per heavy atom. The van der Waals surface area contributed by atoms with E-state index in [0.717, 1.165) is 63.5 Å². The van der Waals surface area contributed by atoms with Crippen LogP contribution >= 0.6 is 0 Å². The molecule has 0 bridgehead atoms. The Bertz CT molecular complexity index is 666. The summed E-state index contributed by atoms with van der Waals surface area (Å²) in [6.45, 7) is 7.96. The number of likely N-dealkylation sites (tertiary alicyclic amines) is 1. The topological polar surface area (TPSA) is 61.8 Å². The average Bonchev–Trinajstić information content (AvgIpc) is 3.33. The smallest absolute Gasteiger partial charge is 0.248 e. The van der Waals surface area contributed by atoms with Crippen molar-refractivity contribution in [2.24, 2.45) is 11.8 Å². The summed E-state index contributed by atoms with van der Waals surface area (Å²) < 4.78 is 5.20. The van der Waals surface area contributed by atoms with Crippen LogP contribution in [0.2, 0.25) is 0 Å². The molecule has 0 N–H and O–H groups in total. The van der Waals surface area contributed by atoms with Crippen molar-refractivity contribution < 1.29 is 9.53 Å². The molecule has 3 saturated heterocycles. The van der Waals surface area contributed by atoms with Crippen LogP contribution in [0.5, 0.6) is 0 Å². The molecule has 2 atom stereocenters. The first kappa shape index (κ1) is 16.4. The highest BCUT2D eigenvalue weighted by molar-refractivity contribution is 5.77. The second-order valence-corrected chi connectivity index (χ2v) is 8.19. The number of aromatic nitrogens is 2. The Kier molecular flexibility index (Phi) is 4.29. The summed E-state index contributed by atoms with van der Waals surface area (Å²) in [5.74, 6) is 3.36.